The number of hydrogen-bond donors (Lipinski definition) is 2. The fourth-order valence-corrected chi connectivity index (χ4v) is 2.79. The Morgan fingerprint density at radius 2 is 2.05 bits per heavy atom. The van der Waals surface area contributed by atoms with Crippen molar-refractivity contribution in [1.82, 2.24) is 0 Å². The molecule has 1 aromatic rings. The lowest BCUT2D eigenvalue weighted by molar-refractivity contribution is -0.126. The number of amides is 1. The van der Waals surface area contributed by atoms with Crippen molar-refractivity contribution in [3.8, 4) is 0 Å². The first kappa shape index (κ1) is 14.9. The van der Waals surface area contributed by atoms with Gasteiger partial charge in [0.05, 0.1) is 4.99 Å². The average Bonchev–Trinajstić information content (AvgIpc) is 2.48. The van der Waals surface area contributed by atoms with Crippen molar-refractivity contribution in [2.24, 2.45) is 11.1 Å². The van der Waals surface area contributed by atoms with Crippen molar-refractivity contribution >= 4 is 28.8 Å². The standard InChI is InChI=1S/C15H20N2O2S/c1-2-11-5-3-4-6-12(11)17-14(18)15(13(16)20)7-9-19-10-8-15/h3-6H,2,7-10H2,1H3,(H2,16,20)(H,17,18). The second kappa shape index (κ2) is 6.33. The fraction of sp³-hybridized carbons (Fsp3) is 0.467. The van der Waals surface area contributed by atoms with E-state index >= 15 is 0 Å². The Bertz CT molecular complexity index is 510. The Morgan fingerprint density at radius 1 is 1.40 bits per heavy atom. The van der Waals surface area contributed by atoms with Gasteiger partial charge in [0.1, 0.15) is 5.41 Å². The molecule has 1 amide bonds. The molecule has 1 saturated heterocycles. The van der Waals surface area contributed by atoms with Crippen molar-refractivity contribution in [1.29, 1.82) is 0 Å². The summed E-state index contributed by atoms with van der Waals surface area (Å²) in [5.41, 5.74) is 7.00. The van der Waals surface area contributed by atoms with Gasteiger partial charge in [-0.3, -0.25) is 4.79 Å². The molecule has 0 spiro atoms. The van der Waals surface area contributed by atoms with E-state index in [4.69, 9.17) is 22.7 Å². The van der Waals surface area contributed by atoms with Gasteiger partial charge in [0.2, 0.25) is 5.91 Å². The number of nitrogens with one attached hydrogen (secondary N) is 1. The number of anilines is 1. The lowest BCUT2D eigenvalue weighted by Crippen LogP contribution is -2.49. The highest BCUT2D eigenvalue weighted by Gasteiger charge is 2.43. The largest absolute Gasteiger partial charge is 0.392 e. The number of thiocarbonyl (C=S) groups is 1. The Kier molecular flexibility index (Phi) is 4.73. The number of ether oxygens (including phenoxy) is 1. The summed E-state index contributed by atoms with van der Waals surface area (Å²) in [6.45, 7) is 3.09. The lowest BCUT2D eigenvalue weighted by atomic mass is 9.79. The monoisotopic (exact) mass is 292 g/mol. The molecule has 4 nitrogen and oxygen atoms in total. The van der Waals surface area contributed by atoms with Crippen molar-refractivity contribution in [2.75, 3.05) is 18.5 Å². The number of nitrogens with two attached hydrogens (primary N) is 1. The number of benzene rings is 1. The van der Waals surface area contributed by atoms with Crippen molar-refractivity contribution in [3.63, 3.8) is 0 Å². The van der Waals surface area contributed by atoms with Gasteiger partial charge in [0.15, 0.2) is 0 Å². The third-order valence-electron chi connectivity index (χ3n) is 3.90. The van der Waals surface area contributed by atoms with E-state index in [0.717, 1.165) is 17.7 Å². The van der Waals surface area contributed by atoms with Gasteiger partial charge in [0.25, 0.3) is 0 Å². The molecule has 0 radical (unpaired) electrons. The number of aryl methyl sites for hydroxylation is 1. The van der Waals surface area contributed by atoms with Crippen LogP contribution in [0.25, 0.3) is 0 Å². The Morgan fingerprint density at radius 3 is 2.65 bits per heavy atom. The first-order valence-electron chi connectivity index (χ1n) is 6.87. The zero-order valence-electron chi connectivity index (χ0n) is 11.6. The molecule has 0 unspecified atom stereocenters. The van der Waals surface area contributed by atoms with E-state index in [1.807, 2.05) is 24.3 Å². The SMILES string of the molecule is CCc1ccccc1NC(=O)C1(C(N)=S)CCOCC1. The highest BCUT2D eigenvalue weighted by Crippen LogP contribution is 2.33. The maximum absolute atomic E-state index is 12.7. The Labute approximate surface area is 124 Å². The van der Waals surface area contributed by atoms with Crippen molar-refractivity contribution < 1.29 is 9.53 Å². The van der Waals surface area contributed by atoms with Crippen LogP contribution in [0.15, 0.2) is 24.3 Å². The van der Waals surface area contributed by atoms with Crippen LogP contribution in [-0.2, 0) is 16.0 Å². The predicted octanol–water partition coefficient (Wildman–Crippen LogP) is 2.27. The fourth-order valence-electron chi connectivity index (χ4n) is 2.50. The molecule has 5 heteroatoms. The first-order chi connectivity index (χ1) is 9.60. The second-order valence-electron chi connectivity index (χ2n) is 5.02. The van der Waals surface area contributed by atoms with E-state index in [1.165, 1.54) is 0 Å². The van der Waals surface area contributed by atoms with Gasteiger partial charge in [-0.25, -0.2) is 0 Å². The minimum atomic E-state index is -0.783. The summed E-state index contributed by atoms with van der Waals surface area (Å²) in [5, 5.41) is 2.99. The summed E-state index contributed by atoms with van der Waals surface area (Å²) in [5.74, 6) is -0.116. The van der Waals surface area contributed by atoms with E-state index in [0.29, 0.717) is 26.1 Å². The molecule has 2 rings (SSSR count). The average molecular weight is 292 g/mol. The number of carbonyl (C=O) groups excluding carboxylic acids is 1. The molecule has 1 fully saturated rings. The van der Waals surface area contributed by atoms with Gasteiger partial charge in [-0.15, -0.1) is 0 Å². The smallest absolute Gasteiger partial charge is 0.237 e. The molecular weight excluding hydrogens is 272 g/mol. The third kappa shape index (κ3) is 2.83. The van der Waals surface area contributed by atoms with Crippen LogP contribution in [-0.4, -0.2) is 24.1 Å². The van der Waals surface area contributed by atoms with Crippen molar-refractivity contribution in [2.45, 2.75) is 26.2 Å². The second-order valence-corrected chi connectivity index (χ2v) is 5.46. The number of hydrogen-bond acceptors (Lipinski definition) is 3. The van der Waals surface area contributed by atoms with Crippen LogP contribution in [0.2, 0.25) is 0 Å². The van der Waals surface area contributed by atoms with Gasteiger partial charge < -0.3 is 15.8 Å². The van der Waals surface area contributed by atoms with Crippen LogP contribution >= 0.6 is 12.2 Å². The zero-order valence-corrected chi connectivity index (χ0v) is 12.5. The summed E-state index contributed by atoms with van der Waals surface area (Å²) < 4.78 is 5.32. The van der Waals surface area contributed by atoms with E-state index in [-0.39, 0.29) is 10.9 Å². The minimum Gasteiger partial charge on any atom is -0.392 e. The Hall–Kier alpha value is -1.46. The highest BCUT2D eigenvalue weighted by molar-refractivity contribution is 7.80. The maximum atomic E-state index is 12.7. The number of para-hydroxylation sites is 1. The van der Waals surface area contributed by atoms with Crippen LogP contribution in [0, 0.1) is 5.41 Å². The van der Waals surface area contributed by atoms with Gasteiger partial charge in [-0.05, 0) is 30.9 Å². The maximum Gasteiger partial charge on any atom is 0.237 e. The molecule has 108 valence electrons. The topological polar surface area (TPSA) is 64.4 Å². The van der Waals surface area contributed by atoms with Gasteiger partial charge in [-0.1, -0.05) is 37.3 Å². The summed E-state index contributed by atoms with van der Waals surface area (Å²) in [6.07, 6.45) is 1.95. The molecule has 0 atom stereocenters. The summed E-state index contributed by atoms with van der Waals surface area (Å²) >= 11 is 5.14. The highest BCUT2D eigenvalue weighted by atomic mass is 32.1. The number of rotatable bonds is 4. The van der Waals surface area contributed by atoms with Crippen LogP contribution in [0.1, 0.15) is 25.3 Å². The van der Waals surface area contributed by atoms with Crippen LogP contribution < -0.4 is 11.1 Å². The van der Waals surface area contributed by atoms with E-state index in [1.54, 1.807) is 0 Å². The molecule has 1 aliphatic heterocycles. The third-order valence-corrected chi connectivity index (χ3v) is 4.29. The molecule has 3 N–H and O–H groups in total. The summed E-state index contributed by atoms with van der Waals surface area (Å²) in [4.78, 5) is 12.9. The quantitative estimate of drug-likeness (QED) is 0.836. The molecule has 0 bridgehead atoms. The van der Waals surface area contributed by atoms with Crippen LogP contribution in [0.4, 0.5) is 5.69 Å². The lowest BCUT2D eigenvalue weighted by Gasteiger charge is -2.34. The predicted molar refractivity (Wildman–Crippen MR) is 83.7 cm³/mol. The number of carbonyl (C=O) groups is 1. The molecule has 0 saturated carbocycles. The Balaban J connectivity index is 2.23. The molecule has 1 aromatic carbocycles. The van der Waals surface area contributed by atoms with Crippen LogP contribution in [0.5, 0.6) is 0 Å². The normalized spacial score (nSPS) is 17.4. The molecular formula is C15H20N2O2S. The van der Waals surface area contributed by atoms with Gasteiger partial charge in [-0.2, -0.15) is 0 Å². The van der Waals surface area contributed by atoms with E-state index in [2.05, 4.69) is 12.2 Å². The molecule has 0 aromatic heterocycles. The van der Waals surface area contributed by atoms with Crippen LogP contribution in [0.3, 0.4) is 0 Å². The van der Waals surface area contributed by atoms with Gasteiger partial charge in [0, 0.05) is 18.9 Å². The molecule has 20 heavy (non-hydrogen) atoms. The van der Waals surface area contributed by atoms with E-state index < -0.39 is 5.41 Å². The zero-order chi connectivity index (χ0) is 14.6. The van der Waals surface area contributed by atoms with E-state index in [9.17, 15) is 4.79 Å². The molecule has 1 aliphatic rings. The molecule has 1 heterocycles. The summed E-state index contributed by atoms with van der Waals surface area (Å²) in [6, 6.07) is 7.79. The molecule has 0 aliphatic carbocycles. The first-order valence-corrected chi connectivity index (χ1v) is 7.28. The minimum absolute atomic E-state index is 0.116. The summed E-state index contributed by atoms with van der Waals surface area (Å²) in [7, 11) is 0. The van der Waals surface area contributed by atoms with Gasteiger partial charge >= 0.3 is 0 Å². The van der Waals surface area contributed by atoms with Crippen molar-refractivity contribution in [3.05, 3.63) is 29.8 Å².